The maximum Gasteiger partial charge on any atom is 0.0783 e. The highest BCUT2D eigenvalue weighted by Gasteiger charge is 2.54. The highest BCUT2D eigenvalue weighted by molar-refractivity contribution is 7.42. The van der Waals surface area contributed by atoms with Crippen LogP contribution >= 0.6 is 40.4 Å². The Morgan fingerprint density at radius 3 is 1.94 bits per heavy atom. The Balaban J connectivity index is 3.16. The average molecular weight is 329 g/mol. The van der Waals surface area contributed by atoms with Crippen molar-refractivity contribution >= 4 is 40.4 Å². The van der Waals surface area contributed by atoms with E-state index in [0.717, 1.165) is 23.6 Å². The lowest BCUT2D eigenvalue weighted by atomic mass is 9.60. The SMILES string of the molecule is CPC1CC(C(C)C)(C(C)C)CC(Cl)(PC)C1Cl. The number of alkyl halides is 2. The van der Waals surface area contributed by atoms with Crippen molar-refractivity contribution < 1.29 is 0 Å². The number of hydrogen-bond donors (Lipinski definition) is 0. The molecule has 5 unspecified atom stereocenters. The minimum Gasteiger partial charge on any atom is -0.121 e. The Bertz CT molecular complexity index is 273. The minimum atomic E-state index is -0.179. The van der Waals surface area contributed by atoms with E-state index in [-0.39, 0.29) is 9.99 Å². The molecular weight excluding hydrogens is 301 g/mol. The van der Waals surface area contributed by atoms with Gasteiger partial charge in [-0.25, -0.2) is 0 Å². The molecular formula is C14H28Cl2P2. The van der Waals surface area contributed by atoms with Crippen LogP contribution in [0.1, 0.15) is 40.5 Å². The van der Waals surface area contributed by atoms with Crippen LogP contribution in [0.5, 0.6) is 0 Å². The van der Waals surface area contributed by atoms with Gasteiger partial charge in [0.1, 0.15) is 0 Å². The van der Waals surface area contributed by atoms with Gasteiger partial charge in [-0.2, -0.15) is 0 Å². The zero-order chi connectivity index (χ0) is 14.1. The fourth-order valence-electron chi connectivity index (χ4n) is 3.50. The van der Waals surface area contributed by atoms with Crippen molar-refractivity contribution in [2.24, 2.45) is 17.3 Å². The van der Waals surface area contributed by atoms with Gasteiger partial charge >= 0.3 is 0 Å². The molecule has 0 amide bonds. The Kier molecular flexibility index (Phi) is 6.29. The van der Waals surface area contributed by atoms with E-state index in [1.165, 1.54) is 6.42 Å². The van der Waals surface area contributed by atoms with E-state index in [0.29, 0.717) is 22.9 Å². The second-order valence-corrected chi connectivity index (χ2v) is 10.5. The van der Waals surface area contributed by atoms with Gasteiger partial charge in [0.2, 0.25) is 0 Å². The topological polar surface area (TPSA) is 0 Å². The molecule has 0 nitrogen and oxygen atoms in total. The van der Waals surface area contributed by atoms with Crippen LogP contribution in [0.25, 0.3) is 0 Å². The lowest BCUT2D eigenvalue weighted by molar-refractivity contribution is 0.0589. The van der Waals surface area contributed by atoms with Gasteiger partial charge in [-0.3, -0.25) is 0 Å². The fourth-order valence-corrected chi connectivity index (χ4v) is 7.19. The summed E-state index contributed by atoms with van der Waals surface area (Å²) in [7, 11) is 1.62. The molecule has 1 aliphatic rings. The van der Waals surface area contributed by atoms with E-state index < -0.39 is 0 Å². The standard InChI is InChI=1S/C14H28Cl2P2/c1-9(2)13(10(3)4)7-11(17-5)12(15)14(16,8-13)18-6/h9-12,17-18H,7-8H2,1-6H3. The van der Waals surface area contributed by atoms with Crippen LogP contribution in [-0.4, -0.2) is 29.0 Å². The third-order valence-corrected chi connectivity index (χ3v) is 9.78. The van der Waals surface area contributed by atoms with Gasteiger partial charge in [-0.15, -0.1) is 40.4 Å². The first-order valence-corrected chi connectivity index (χ1v) is 10.8. The summed E-state index contributed by atoms with van der Waals surface area (Å²) in [6.45, 7) is 13.9. The van der Waals surface area contributed by atoms with Crippen molar-refractivity contribution in [1.82, 2.24) is 0 Å². The van der Waals surface area contributed by atoms with Gasteiger partial charge in [0.05, 0.1) is 9.99 Å². The van der Waals surface area contributed by atoms with Crippen molar-refractivity contribution in [1.29, 1.82) is 0 Å². The van der Waals surface area contributed by atoms with Crippen LogP contribution < -0.4 is 0 Å². The first-order valence-electron chi connectivity index (χ1n) is 6.92. The van der Waals surface area contributed by atoms with Crippen LogP contribution in [0.2, 0.25) is 0 Å². The minimum absolute atomic E-state index is 0.149. The molecule has 0 saturated heterocycles. The molecule has 0 spiro atoms. The molecule has 0 aromatic carbocycles. The molecule has 18 heavy (non-hydrogen) atoms. The monoisotopic (exact) mass is 328 g/mol. The first-order chi connectivity index (χ1) is 8.23. The zero-order valence-corrected chi connectivity index (χ0v) is 16.0. The summed E-state index contributed by atoms with van der Waals surface area (Å²) in [6, 6.07) is 0. The van der Waals surface area contributed by atoms with Crippen molar-refractivity contribution in [3.63, 3.8) is 0 Å². The van der Waals surface area contributed by atoms with Crippen molar-refractivity contribution in [2.45, 2.75) is 56.2 Å². The molecule has 0 radical (unpaired) electrons. The van der Waals surface area contributed by atoms with Gasteiger partial charge in [-0.05, 0) is 49.1 Å². The highest BCUT2D eigenvalue weighted by atomic mass is 35.5. The Morgan fingerprint density at radius 1 is 1.11 bits per heavy atom. The Morgan fingerprint density at radius 2 is 1.61 bits per heavy atom. The summed E-state index contributed by atoms with van der Waals surface area (Å²) in [5.74, 6) is 1.35. The van der Waals surface area contributed by atoms with Crippen LogP contribution in [0.4, 0.5) is 0 Å². The molecule has 0 aromatic heterocycles. The summed E-state index contributed by atoms with van der Waals surface area (Å²) in [5.41, 5.74) is 0.958. The molecule has 5 atom stereocenters. The normalized spacial score (nSPS) is 37.7. The second kappa shape index (κ2) is 6.47. The molecule has 1 aliphatic carbocycles. The lowest BCUT2D eigenvalue weighted by Gasteiger charge is -2.55. The third kappa shape index (κ3) is 3.03. The molecule has 1 rings (SSSR count). The van der Waals surface area contributed by atoms with Gasteiger partial charge in [0.25, 0.3) is 0 Å². The largest absolute Gasteiger partial charge is 0.121 e. The van der Waals surface area contributed by atoms with Crippen LogP contribution in [0.15, 0.2) is 0 Å². The highest BCUT2D eigenvalue weighted by Crippen LogP contribution is 2.61. The van der Waals surface area contributed by atoms with Crippen molar-refractivity contribution in [3.05, 3.63) is 0 Å². The fraction of sp³-hybridized carbons (Fsp3) is 1.00. The van der Waals surface area contributed by atoms with E-state index in [1.807, 2.05) is 0 Å². The molecule has 108 valence electrons. The summed E-state index contributed by atoms with van der Waals surface area (Å²) < 4.78 is -0.179. The Labute approximate surface area is 127 Å². The van der Waals surface area contributed by atoms with Crippen molar-refractivity contribution in [3.8, 4) is 0 Å². The maximum atomic E-state index is 6.94. The molecule has 0 aromatic rings. The van der Waals surface area contributed by atoms with Crippen LogP contribution in [0.3, 0.4) is 0 Å². The predicted molar refractivity (Wildman–Crippen MR) is 91.8 cm³/mol. The van der Waals surface area contributed by atoms with Crippen LogP contribution in [0, 0.1) is 17.3 Å². The predicted octanol–water partition coefficient (Wildman–Crippen LogP) is 5.61. The quantitative estimate of drug-likeness (QED) is 0.465. The molecule has 0 bridgehead atoms. The van der Waals surface area contributed by atoms with Crippen LogP contribution in [-0.2, 0) is 0 Å². The van der Waals surface area contributed by atoms with E-state index in [4.69, 9.17) is 23.2 Å². The third-order valence-electron chi connectivity index (χ3n) is 5.06. The number of rotatable bonds is 4. The van der Waals surface area contributed by atoms with E-state index in [1.54, 1.807) is 0 Å². The molecule has 1 saturated carbocycles. The molecule has 4 heteroatoms. The van der Waals surface area contributed by atoms with E-state index in [9.17, 15) is 0 Å². The first kappa shape index (κ1) is 17.5. The van der Waals surface area contributed by atoms with Crippen molar-refractivity contribution in [2.75, 3.05) is 13.3 Å². The van der Waals surface area contributed by atoms with E-state index >= 15 is 0 Å². The van der Waals surface area contributed by atoms with Gasteiger partial charge in [0, 0.05) is 0 Å². The van der Waals surface area contributed by atoms with Gasteiger partial charge < -0.3 is 0 Å². The number of halogens is 2. The second-order valence-electron chi connectivity index (χ2n) is 6.33. The zero-order valence-electron chi connectivity index (χ0n) is 12.5. The summed E-state index contributed by atoms with van der Waals surface area (Å²) >= 11 is 13.6. The summed E-state index contributed by atoms with van der Waals surface area (Å²) in [4.78, 5) is 0. The molecule has 1 fully saturated rings. The Hall–Kier alpha value is 1.44. The molecule has 0 heterocycles. The lowest BCUT2D eigenvalue weighted by Crippen LogP contribution is -2.52. The number of hydrogen-bond acceptors (Lipinski definition) is 0. The van der Waals surface area contributed by atoms with E-state index in [2.05, 4.69) is 41.0 Å². The van der Waals surface area contributed by atoms with Gasteiger partial charge in [-0.1, -0.05) is 27.7 Å². The smallest absolute Gasteiger partial charge is 0.0783 e. The maximum absolute atomic E-state index is 6.94. The molecule has 0 N–H and O–H groups in total. The average Bonchev–Trinajstić information content (AvgIpc) is 2.32. The molecule has 0 aliphatic heterocycles. The van der Waals surface area contributed by atoms with Gasteiger partial charge in [0.15, 0.2) is 0 Å². The summed E-state index contributed by atoms with van der Waals surface area (Å²) in [5, 5.41) is 0.149. The summed E-state index contributed by atoms with van der Waals surface area (Å²) in [6.07, 6.45) is 2.34.